The van der Waals surface area contributed by atoms with Crippen LogP contribution >= 0.6 is 11.8 Å². The first-order valence-corrected chi connectivity index (χ1v) is 7.10. The highest BCUT2D eigenvalue weighted by molar-refractivity contribution is 7.99. The van der Waals surface area contributed by atoms with Gasteiger partial charge < -0.3 is 10.6 Å². The Morgan fingerprint density at radius 3 is 2.89 bits per heavy atom. The van der Waals surface area contributed by atoms with Crippen LogP contribution in [0.4, 0.5) is 8.78 Å². The Hall–Kier alpha value is -1.14. The molecular weight excluding hydrogens is 270 g/mol. The zero-order chi connectivity index (χ0) is 13.7. The number of amides is 1. The number of hydrogen-bond donors (Lipinski definition) is 2. The van der Waals surface area contributed by atoms with Gasteiger partial charge in [0, 0.05) is 17.5 Å². The standard InChI is InChI=1S/C13H16F2N2OS/c14-13(15)19-11-6-2-1-5-10(11)12(18)17-9-4-3-7-16-8-9/h1-2,5-6,9,13,16H,3-4,7-8H2,(H,17,18)/t9-/m0/s1. The number of rotatable bonds is 4. The van der Waals surface area contributed by atoms with Gasteiger partial charge >= 0.3 is 0 Å². The summed E-state index contributed by atoms with van der Waals surface area (Å²) >= 11 is 0.406. The van der Waals surface area contributed by atoms with Crippen LogP contribution in [0.5, 0.6) is 0 Å². The molecule has 0 bridgehead atoms. The topological polar surface area (TPSA) is 41.1 Å². The molecule has 1 amide bonds. The highest BCUT2D eigenvalue weighted by atomic mass is 32.2. The Labute approximate surface area is 115 Å². The van der Waals surface area contributed by atoms with Crippen molar-refractivity contribution in [3.8, 4) is 0 Å². The quantitative estimate of drug-likeness (QED) is 0.836. The van der Waals surface area contributed by atoms with Gasteiger partial charge in [-0.3, -0.25) is 4.79 Å². The van der Waals surface area contributed by atoms with E-state index in [-0.39, 0.29) is 11.9 Å². The van der Waals surface area contributed by atoms with Crippen molar-refractivity contribution in [3.63, 3.8) is 0 Å². The SMILES string of the molecule is O=C(N[C@H]1CCCNC1)c1ccccc1SC(F)F. The van der Waals surface area contributed by atoms with Crippen molar-refractivity contribution >= 4 is 17.7 Å². The molecular formula is C13H16F2N2OS. The molecule has 1 aromatic rings. The van der Waals surface area contributed by atoms with Gasteiger partial charge in [0.1, 0.15) is 0 Å². The van der Waals surface area contributed by atoms with Crippen LogP contribution in [0.2, 0.25) is 0 Å². The molecule has 0 spiro atoms. The number of carbonyl (C=O) groups excluding carboxylic acids is 1. The maximum atomic E-state index is 12.4. The van der Waals surface area contributed by atoms with Gasteiger partial charge in [-0.2, -0.15) is 8.78 Å². The highest BCUT2D eigenvalue weighted by Crippen LogP contribution is 2.28. The van der Waals surface area contributed by atoms with Crippen molar-refractivity contribution in [1.29, 1.82) is 0 Å². The van der Waals surface area contributed by atoms with Crippen LogP contribution in [0.3, 0.4) is 0 Å². The summed E-state index contributed by atoms with van der Waals surface area (Å²) in [6, 6.07) is 6.54. The molecule has 1 fully saturated rings. The van der Waals surface area contributed by atoms with E-state index in [4.69, 9.17) is 0 Å². The number of piperidine rings is 1. The lowest BCUT2D eigenvalue weighted by Crippen LogP contribution is -2.45. The summed E-state index contributed by atoms with van der Waals surface area (Å²) in [4.78, 5) is 12.4. The second-order valence-corrected chi connectivity index (χ2v) is 5.42. The van der Waals surface area contributed by atoms with Gasteiger partial charge in [-0.1, -0.05) is 23.9 Å². The minimum Gasteiger partial charge on any atom is -0.348 e. The Bertz CT molecular complexity index is 436. The summed E-state index contributed by atoms with van der Waals surface area (Å²) in [6.45, 7) is 1.69. The Morgan fingerprint density at radius 1 is 1.42 bits per heavy atom. The molecule has 1 saturated heterocycles. The molecule has 0 aromatic heterocycles. The fourth-order valence-electron chi connectivity index (χ4n) is 2.09. The first kappa shape index (κ1) is 14.3. The van der Waals surface area contributed by atoms with Crippen LogP contribution in [-0.4, -0.2) is 30.8 Å². The molecule has 1 aliphatic heterocycles. The lowest BCUT2D eigenvalue weighted by Gasteiger charge is -2.24. The molecule has 0 radical (unpaired) electrons. The average molecular weight is 286 g/mol. The van der Waals surface area contributed by atoms with Gasteiger partial charge in [-0.15, -0.1) is 0 Å². The predicted octanol–water partition coefficient (Wildman–Crippen LogP) is 2.48. The van der Waals surface area contributed by atoms with Crippen LogP contribution in [0, 0.1) is 0 Å². The summed E-state index contributed by atoms with van der Waals surface area (Å²) in [7, 11) is 0. The van der Waals surface area contributed by atoms with E-state index < -0.39 is 5.76 Å². The van der Waals surface area contributed by atoms with E-state index >= 15 is 0 Å². The first-order chi connectivity index (χ1) is 9.16. The number of alkyl halides is 2. The average Bonchev–Trinajstić information content (AvgIpc) is 2.39. The molecule has 0 saturated carbocycles. The van der Waals surface area contributed by atoms with Crippen molar-refractivity contribution in [2.24, 2.45) is 0 Å². The van der Waals surface area contributed by atoms with E-state index in [1.807, 2.05) is 0 Å². The number of carbonyl (C=O) groups is 1. The van der Waals surface area contributed by atoms with Gasteiger partial charge in [0.2, 0.25) is 0 Å². The third-order valence-electron chi connectivity index (χ3n) is 2.98. The van der Waals surface area contributed by atoms with E-state index in [1.165, 1.54) is 0 Å². The molecule has 3 nitrogen and oxygen atoms in total. The predicted molar refractivity (Wildman–Crippen MR) is 71.7 cm³/mol. The van der Waals surface area contributed by atoms with E-state index in [2.05, 4.69) is 10.6 Å². The minimum absolute atomic E-state index is 0.0749. The molecule has 2 N–H and O–H groups in total. The fraction of sp³-hybridized carbons (Fsp3) is 0.462. The van der Waals surface area contributed by atoms with E-state index in [0.717, 1.165) is 25.9 Å². The van der Waals surface area contributed by atoms with Gasteiger partial charge in [0.15, 0.2) is 0 Å². The number of nitrogens with one attached hydrogen (secondary N) is 2. The molecule has 6 heteroatoms. The van der Waals surface area contributed by atoms with Crippen LogP contribution in [-0.2, 0) is 0 Å². The maximum absolute atomic E-state index is 12.4. The summed E-state index contributed by atoms with van der Waals surface area (Å²) in [5, 5.41) is 6.09. The highest BCUT2D eigenvalue weighted by Gasteiger charge is 2.19. The molecule has 104 valence electrons. The molecule has 1 atom stereocenters. The Kier molecular flexibility index (Phi) is 5.15. The van der Waals surface area contributed by atoms with Crippen molar-refractivity contribution in [2.45, 2.75) is 29.5 Å². The molecule has 1 aliphatic rings. The van der Waals surface area contributed by atoms with E-state index in [1.54, 1.807) is 24.3 Å². The maximum Gasteiger partial charge on any atom is 0.288 e. The second kappa shape index (κ2) is 6.86. The largest absolute Gasteiger partial charge is 0.348 e. The van der Waals surface area contributed by atoms with Crippen molar-refractivity contribution in [1.82, 2.24) is 10.6 Å². The van der Waals surface area contributed by atoms with Crippen LogP contribution in [0.15, 0.2) is 29.2 Å². The summed E-state index contributed by atoms with van der Waals surface area (Å²) in [5.41, 5.74) is 0.318. The Balaban J connectivity index is 2.05. The molecule has 1 heterocycles. The van der Waals surface area contributed by atoms with E-state index in [0.29, 0.717) is 22.2 Å². The number of benzene rings is 1. The molecule has 0 aliphatic carbocycles. The van der Waals surface area contributed by atoms with Crippen LogP contribution in [0.1, 0.15) is 23.2 Å². The van der Waals surface area contributed by atoms with Gasteiger partial charge in [-0.25, -0.2) is 0 Å². The molecule has 0 unspecified atom stereocenters. The van der Waals surface area contributed by atoms with Crippen LogP contribution < -0.4 is 10.6 Å². The summed E-state index contributed by atoms with van der Waals surface area (Å²) in [5.74, 6) is -2.80. The fourth-order valence-corrected chi connectivity index (χ4v) is 2.73. The van der Waals surface area contributed by atoms with Crippen molar-refractivity contribution in [2.75, 3.05) is 13.1 Å². The zero-order valence-corrected chi connectivity index (χ0v) is 11.2. The van der Waals surface area contributed by atoms with Gasteiger partial charge in [0.05, 0.1) is 5.56 Å². The molecule has 2 rings (SSSR count). The van der Waals surface area contributed by atoms with Crippen molar-refractivity contribution in [3.05, 3.63) is 29.8 Å². The Morgan fingerprint density at radius 2 is 2.21 bits per heavy atom. The monoisotopic (exact) mass is 286 g/mol. The minimum atomic E-state index is -2.52. The third-order valence-corrected chi connectivity index (χ3v) is 3.77. The summed E-state index contributed by atoms with van der Waals surface area (Å²) < 4.78 is 24.9. The summed E-state index contributed by atoms with van der Waals surface area (Å²) in [6.07, 6.45) is 1.93. The molecule has 1 aromatic carbocycles. The lowest BCUT2D eigenvalue weighted by atomic mass is 10.1. The normalized spacial score (nSPS) is 19.4. The number of halogens is 2. The number of hydrogen-bond acceptors (Lipinski definition) is 3. The smallest absolute Gasteiger partial charge is 0.288 e. The third kappa shape index (κ3) is 4.18. The van der Waals surface area contributed by atoms with Gasteiger partial charge in [0.25, 0.3) is 11.7 Å². The van der Waals surface area contributed by atoms with Crippen molar-refractivity contribution < 1.29 is 13.6 Å². The lowest BCUT2D eigenvalue weighted by molar-refractivity contribution is 0.0927. The zero-order valence-electron chi connectivity index (χ0n) is 10.4. The number of thioether (sulfide) groups is 1. The first-order valence-electron chi connectivity index (χ1n) is 6.22. The molecule has 19 heavy (non-hydrogen) atoms. The van der Waals surface area contributed by atoms with E-state index in [9.17, 15) is 13.6 Å². The van der Waals surface area contributed by atoms with Gasteiger partial charge in [-0.05, 0) is 31.5 Å². The second-order valence-electron chi connectivity index (χ2n) is 4.39. The van der Waals surface area contributed by atoms with Crippen LogP contribution in [0.25, 0.3) is 0 Å².